The van der Waals surface area contributed by atoms with Gasteiger partial charge in [0.15, 0.2) is 40.3 Å². The fourth-order valence-corrected chi connectivity index (χ4v) is 8.03. The highest BCUT2D eigenvalue weighted by Gasteiger charge is 2.24. The van der Waals surface area contributed by atoms with Crippen LogP contribution in [-0.2, 0) is 0 Å². The Morgan fingerprint density at radius 2 is 0.541 bits per heavy atom. The lowest BCUT2D eigenvalue weighted by molar-refractivity contribution is 0.250. The summed E-state index contributed by atoms with van der Waals surface area (Å²) in [5.41, 5.74) is 0. The fourth-order valence-electron chi connectivity index (χ4n) is 8.03. The number of unbranched alkanes of at least 4 members (excludes halogenated alkanes) is 18. The molecular weight excluding hydrogens is 764 g/mol. The summed E-state index contributed by atoms with van der Waals surface area (Å²) < 4.78 is 57.0. The Kier molecular flexibility index (Phi) is 24.3. The molecule has 0 aromatic heterocycles. The normalized spacial score (nSPS) is 11.5. The molecule has 0 radical (unpaired) electrons. The van der Waals surface area contributed by atoms with Crippen LogP contribution in [0.4, 0.5) is 4.39 Å². The van der Waals surface area contributed by atoms with Crippen LogP contribution < -0.4 is 28.4 Å². The summed E-state index contributed by atoms with van der Waals surface area (Å²) in [6, 6.07) is 10.3. The van der Waals surface area contributed by atoms with Crippen LogP contribution in [0.1, 0.15) is 196 Å². The minimum absolute atomic E-state index is 0.192. The fraction of sp³-hybridized carbons (Fsp3) is 0.667. The van der Waals surface area contributed by atoms with Gasteiger partial charge in [0.05, 0.1) is 39.6 Å². The van der Waals surface area contributed by atoms with E-state index in [2.05, 4.69) is 59.7 Å². The average molecular weight is 847 g/mol. The van der Waals surface area contributed by atoms with Crippen molar-refractivity contribution in [2.75, 3.05) is 39.6 Å². The number of halogens is 1. The third-order valence-electron chi connectivity index (χ3n) is 11.7. The summed E-state index contributed by atoms with van der Waals surface area (Å²) in [7, 11) is 0. The third-order valence-corrected chi connectivity index (χ3v) is 11.7. The molecular formula is C54H83FO6. The lowest BCUT2D eigenvalue weighted by atomic mass is 9.92. The molecule has 342 valence electrons. The molecule has 6 nitrogen and oxygen atoms in total. The van der Waals surface area contributed by atoms with Gasteiger partial charge in [0, 0.05) is 5.39 Å². The van der Waals surface area contributed by atoms with Crippen LogP contribution in [-0.4, -0.2) is 39.6 Å². The quantitative estimate of drug-likeness (QED) is 0.0336. The molecule has 0 spiro atoms. The topological polar surface area (TPSA) is 55.4 Å². The van der Waals surface area contributed by atoms with E-state index in [0.717, 1.165) is 155 Å². The highest BCUT2D eigenvalue weighted by Crippen LogP contribution is 2.49. The molecule has 0 heterocycles. The molecule has 0 N–H and O–H groups in total. The van der Waals surface area contributed by atoms with Gasteiger partial charge in [0.1, 0.15) is 0 Å². The van der Waals surface area contributed by atoms with E-state index in [9.17, 15) is 0 Å². The predicted molar refractivity (Wildman–Crippen MR) is 257 cm³/mol. The van der Waals surface area contributed by atoms with Crippen molar-refractivity contribution in [1.29, 1.82) is 0 Å². The molecule has 0 atom stereocenters. The first-order valence-corrected chi connectivity index (χ1v) is 25.0. The number of hydrogen-bond acceptors (Lipinski definition) is 6. The van der Waals surface area contributed by atoms with Crippen LogP contribution in [0.5, 0.6) is 34.5 Å². The van der Waals surface area contributed by atoms with Gasteiger partial charge in [0.25, 0.3) is 0 Å². The highest BCUT2D eigenvalue weighted by atomic mass is 19.1. The molecule has 0 saturated heterocycles. The molecule has 0 aliphatic rings. The Hall–Kier alpha value is -3.61. The van der Waals surface area contributed by atoms with Gasteiger partial charge >= 0.3 is 0 Å². The van der Waals surface area contributed by atoms with Crippen molar-refractivity contribution in [3.63, 3.8) is 0 Å². The number of ether oxygens (including phenoxy) is 6. The molecule has 0 aliphatic heterocycles. The largest absolute Gasteiger partial charge is 0.490 e. The number of fused-ring (bicyclic) bond motifs is 6. The van der Waals surface area contributed by atoms with E-state index in [1.54, 1.807) is 0 Å². The molecule has 0 unspecified atom stereocenters. The molecule has 0 amide bonds. The van der Waals surface area contributed by atoms with Crippen molar-refractivity contribution in [3.8, 4) is 34.5 Å². The van der Waals surface area contributed by atoms with E-state index < -0.39 is 5.82 Å². The van der Waals surface area contributed by atoms with Gasteiger partial charge in [-0.15, -0.1) is 0 Å². The summed E-state index contributed by atoms with van der Waals surface area (Å²) in [6.45, 7) is 16.6. The van der Waals surface area contributed by atoms with Gasteiger partial charge in [0.2, 0.25) is 0 Å². The van der Waals surface area contributed by atoms with Gasteiger partial charge in [-0.05, 0) is 95.8 Å². The number of rotatable bonds is 36. The average Bonchev–Trinajstić information content (AvgIpc) is 3.26. The first-order valence-electron chi connectivity index (χ1n) is 25.0. The second-order valence-electron chi connectivity index (χ2n) is 17.1. The Balaban J connectivity index is 2.00. The molecule has 7 heteroatoms. The van der Waals surface area contributed by atoms with Crippen molar-refractivity contribution in [1.82, 2.24) is 0 Å². The minimum atomic E-state index is -0.399. The Bertz CT molecular complexity index is 1760. The molecule has 4 aromatic rings. The summed E-state index contributed by atoms with van der Waals surface area (Å²) in [5.74, 6) is 3.00. The first-order chi connectivity index (χ1) is 30.0. The second-order valence-corrected chi connectivity index (χ2v) is 17.1. The first kappa shape index (κ1) is 50.0. The summed E-state index contributed by atoms with van der Waals surface area (Å²) in [4.78, 5) is 0. The van der Waals surface area contributed by atoms with Gasteiger partial charge < -0.3 is 28.4 Å². The second kappa shape index (κ2) is 29.6. The lowest BCUT2D eigenvalue weighted by Crippen LogP contribution is -2.06. The Labute approximate surface area is 369 Å². The van der Waals surface area contributed by atoms with Crippen molar-refractivity contribution in [2.45, 2.75) is 196 Å². The standard InChI is InChI=1S/C54H83FO6/c1-7-13-19-25-31-56-47-37-42-43-38-49(58-33-27-21-15-9-3)50(59-34-28-22-16-10-4)40-45(43)52-46(44(42)39-48(47)57-32-26-20-14-8-2)41-51(60-35-29-23-17-11-5)54(53(52)55)61-36-30-24-18-12-6/h37-41H,7-36H2,1-6H3. The molecule has 4 rings (SSSR count). The molecule has 4 aromatic carbocycles. The van der Waals surface area contributed by atoms with Gasteiger partial charge in [-0.1, -0.05) is 157 Å². The molecule has 0 bridgehead atoms. The molecule has 61 heavy (non-hydrogen) atoms. The molecule has 0 saturated carbocycles. The van der Waals surface area contributed by atoms with Crippen LogP contribution in [0.15, 0.2) is 30.3 Å². The zero-order valence-electron chi connectivity index (χ0n) is 39.4. The van der Waals surface area contributed by atoms with E-state index in [4.69, 9.17) is 28.4 Å². The smallest absolute Gasteiger partial charge is 0.197 e. The van der Waals surface area contributed by atoms with Crippen molar-refractivity contribution in [2.24, 2.45) is 0 Å². The highest BCUT2D eigenvalue weighted by molar-refractivity contribution is 6.27. The maximum Gasteiger partial charge on any atom is 0.197 e. The van der Waals surface area contributed by atoms with E-state index in [1.807, 2.05) is 12.1 Å². The van der Waals surface area contributed by atoms with Crippen LogP contribution in [0.2, 0.25) is 0 Å². The van der Waals surface area contributed by atoms with E-state index >= 15 is 4.39 Å². The van der Waals surface area contributed by atoms with Crippen molar-refractivity contribution < 1.29 is 32.8 Å². The van der Waals surface area contributed by atoms with Crippen LogP contribution in [0.3, 0.4) is 0 Å². The predicted octanol–water partition coefficient (Wildman–Crippen LogP) is 17.0. The van der Waals surface area contributed by atoms with E-state index in [0.29, 0.717) is 68.0 Å². The van der Waals surface area contributed by atoms with E-state index in [-0.39, 0.29) is 5.75 Å². The Morgan fingerprint density at radius 1 is 0.295 bits per heavy atom. The monoisotopic (exact) mass is 847 g/mol. The SMILES string of the molecule is CCCCCCOc1cc2c3cc(OCCCCCC)c(OCCCCCC)cc3c3c(F)c(OCCCCCC)c(OCCCCCC)cc3c2cc1OCCCCCC. The minimum Gasteiger partial charge on any atom is -0.490 e. The lowest BCUT2D eigenvalue weighted by Gasteiger charge is -2.21. The number of hydrogen-bond donors (Lipinski definition) is 0. The van der Waals surface area contributed by atoms with Gasteiger partial charge in [-0.2, -0.15) is 0 Å². The van der Waals surface area contributed by atoms with Gasteiger partial charge in [-0.25, -0.2) is 4.39 Å². The summed E-state index contributed by atoms with van der Waals surface area (Å²) >= 11 is 0. The van der Waals surface area contributed by atoms with Crippen LogP contribution in [0, 0.1) is 5.82 Å². The summed E-state index contributed by atoms with van der Waals surface area (Å²) in [5, 5.41) is 4.74. The molecule has 0 fully saturated rings. The maximum atomic E-state index is 17.8. The Morgan fingerprint density at radius 3 is 0.852 bits per heavy atom. The van der Waals surface area contributed by atoms with E-state index in [1.165, 1.54) is 32.1 Å². The van der Waals surface area contributed by atoms with Crippen molar-refractivity contribution in [3.05, 3.63) is 36.1 Å². The zero-order valence-corrected chi connectivity index (χ0v) is 39.4. The maximum absolute atomic E-state index is 17.8. The van der Waals surface area contributed by atoms with Gasteiger partial charge in [-0.3, -0.25) is 0 Å². The number of benzene rings is 4. The zero-order chi connectivity index (χ0) is 43.5. The van der Waals surface area contributed by atoms with Crippen LogP contribution in [0.25, 0.3) is 32.3 Å². The van der Waals surface area contributed by atoms with Crippen molar-refractivity contribution >= 4 is 32.3 Å². The molecule has 0 aliphatic carbocycles. The summed E-state index contributed by atoms with van der Waals surface area (Å²) in [6.07, 6.45) is 26.0. The third kappa shape index (κ3) is 15.9. The van der Waals surface area contributed by atoms with Crippen LogP contribution >= 0.6 is 0 Å².